The Hall–Kier alpha value is -6.62. The van der Waals surface area contributed by atoms with Crippen molar-refractivity contribution in [2.75, 3.05) is 28.4 Å². The standard InChI is InChI=1S/C48H48N2O8/c1-55-39-23-15-35(16-24-39)47(53,36-17-25-40(56-2)26-18-36)43(31-33-11-7-5-8-12-33)49-45(51)46(52)50-44(32-34-13-9-6-10-14-34)48(54,37-19-27-41(57-3)28-20-37)38-21-29-42(58-4)30-22-38/h5-30,43-44,53-54H,31-32H2,1-4H3,(H,49,51)(H,50,52)/t43-,44-/m1/s1. The summed E-state index contributed by atoms with van der Waals surface area (Å²) in [6.07, 6.45) is 0.285. The first kappa shape index (κ1) is 41.0. The maximum absolute atomic E-state index is 14.4. The Morgan fingerprint density at radius 2 is 0.672 bits per heavy atom. The normalized spacial score (nSPS) is 12.4. The molecule has 6 rings (SSSR count). The Kier molecular flexibility index (Phi) is 13.1. The van der Waals surface area contributed by atoms with Crippen molar-refractivity contribution in [1.82, 2.24) is 10.6 Å². The van der Waals surface area contributed by atoms with Crippen molar-refractivity contribution in [3.05, 3.63) is 191 Å². The highest BCUT2D eigenvalue weighted by Crippen LogP contribution is 2.38. The smallest absolute Gasteiger partial charge is 0.309 e. The minimum atomic E-state index is -1.86. The van der Waals surface area contributed by atoms with E-state index in [1.165, 1.54) is 0 Å². The summed E-state index contributed by atoms with van der Waals surface area (Å²) >= 11 is 0. The van der Waals surface area contributed by atoms with E-state index in [4.69, 9.17) is 18.9 Å². The summed E-state index contributed by atoms with van der Waals surface area (Å²) < 4.78 is 21.6. The summed E-state index contributed by atoms with van der Waals surface area (Å²) in [6, 6.07) is 44.3. The molecule has 0 radical (unpaired) electrons. The highest BCUT2D eigenvalue weighted by molar-refractivity contribution is 6.35. The number of benzene rings is 6. The third kappa shape index (κ3) is 8.99. The predicted molar refractivity (Wildman–Crippen MR) is 222 cm³/mol. The maximum Gasteiger partial charge on any atom is 0.309 e. The fraction of sp³-hybridized carbons (Fsp3) is 0.208. The molecular formula is C48H48N2O8. The van der Waals surface area contributed by atoms with E-state index in [-0.39, 0.29) is 12.8 Å². The first-order valence-electron chi connectivity index (χ1n) is 18.8. The van der Waals surface area contributed by atoms with E-state index in [0.717, 1.165) is 11.1 Å². The van der Waals surface area contributed by atoms with Crippen LogP contribution in [0.4, 0.5) is 0 Å². The molecule has 0 aliphatic rings. The molecule has 298 valence electrons. The van der Waals surface area contributed by atoms with Gasteiger partial charge in [0.15, 0.2) is 0 Å². The van der Waals surface area contributed by atoms with Crippen LogP contribution in [0, 0.1) is 0 Å². The monoisotopic (exact) mass is 780 g/mol. The van der Waals surface area contributed by atoms with Gasteiger partial charge in [0.2, 0.25) is 0 Å². The van der Waals surface area contributed by atoms with Crippen molar-refractivity contribution < 1.29 is 38.7 Å². The van der Waals surface area contributed by atoms with Crippen LogP contribution < -0.4 is 29.6 Å². The molecule has 0 aromatic heterocycles. The maximum atomic E-state index is 14.4. The van der Waals surface area contributed by atoms with Gasteiger partial charge in [-0.2, -0.15) is 0 Å². The molecule has 6 aromatic carbocycles. The molecular weight excluding hydrogens is 733 g/mol. The van der Waals surface area contributed by atoms with Crippen LogP contribution in [-0.2, 0) is 33.6 Å². The van der Waals surface area contributed by atoms with E-state index in [1.54, 1.807) is 126 Å². The molecule has 0 saturated carbocycles. The average molecular weight is 781 g/mol. The molecule has 0 spiro atoms. The van der Waals surface area contributed by atoms with E-state index in [2.05, 4.69) is 10.6 Å². The molecule has 0 aliphatic heterocycles. The van der Waals surface area contributed by atoms with Gasteiger partial charge in [-0.15, -0.1) is 0 Å². The van der Waals surface area contributed by atoms with Crippen LogP contribution in [-0.4, -0.2) is 62.6 Å². The molecule has 4 N–H and O–H groups in total. The predicted octanol–water partition coefficient (Wildman–Crippen LogP) is 6.35. The molecule has 2 atom stereocenters. The highest BCUT2D eigenvalue weighted by Gasteiger charge is 2.45. The molecule has 0 fully saturated rings. The van der Waals surface area contributed by atoms with Gasteiger partial charge >= 0.3 is 11.8 Å². The number of aliphatic hydroxyl groups is 2. The summed E-state index contributed by atoms with van der Waals surface area (Å²) in [5.74, 6) is 0.297. The molecule has 0 aliphatic carbocycles. The number of amides is 2. The second-order valence-electron chi connectivity index (χ2n) is 13.9. The van der Waals surface area contributed by atoms with Crippen molar-refractivity contribution in [2.45, 2.75) is 36.1 Å². The van der Waals surface area contributed by atoms with Crippen LogP contribution in [0.5, 0.6) is 23.0 Å². The first-order chi connectivity index (χ1) is 28.1. The fourth-order valence-corrected chi connectivity index (χ4v) is 7.27. The van der Waals surface area contributed by atoms with Crippen LogP contribution in [0.25, 0.3) is 0 Å². The lowest BCUT2D eigenvalue weighted by Gasteiger charge is -2.39. The Bertz CT molecular complexity index is 1970. The third-order valence-electron chi connectivity index (χ3n) is 10.5. The van der Waals surface area contributed by atoms with Gasteiger partial charge in [0.05, 0.1) is 40.5 Å². The molecule has 58 heavy (non-hydrogen) atoms. The van der Waals surface area contributed by atoms with Gasteiger partial charge in [-0.25, -0.2) is 0 Å². The summed E-state index contributed by atoms with van der Waals surface area (Å²) in [6.45, 7) is 0. The van der Waals surface area contributed by atoms with Gasteiger partial charge in [-0.1, -0.05) is 109 Å². The topological polar surface area (TPSA) is 136 Å². The van der Waals surface area contributed by atoms with Gasteiger partial charge in [0.1, 0.15) is 34.2 Å². The Labute approximate surface area is 339 Å². The zero-order chi connectivity index (χ0) is 41.1. The molecule has 0 heterocycles. The lowest BCUT2D eigenvalue weighted by Crippen LogP contribution is -2.59. The van der Waals surface area contributed by atoms with Crippen molar-refractivity contribution in [3.8, 4) is 23.0 Å². The summed E-state index contributed by atoms with van der Waals surface area (Å²) in [7, 11) is 6.21. The van der Waals surface area contributed by atoms with Gasteiger partial charge < -0.3 is 39.8 Å². The van der Waals surface area contributed by atoms with Crippen molar-refractivity contribution >= 4 is 11.8 Å². The van der Waals surface area contributed by atoms with Crippen molar-refractivity contribution in [2.24, 2.45) is 0 Å². The molecule has 0 bridgehead atoms. The van der Waals surface area contributed by atoms with Gasteiger partial charge in [0, 0.05) is 0 Å². The van der Waals surface area contributed by atoms with Crippen LogP contribution in [0.15, 0.2) is 158 Å². The molecule has 0 saturated heterocycles. The SMILES string of the molecule is COc1ccc(C(O)(c2ccc(OC)cc2)[C@@H](Cc2ccccc2)NC(=O)C(=O)N[C@H](Cc2ccccc2)C(O)(c2ccc(OC)cc2)c2ccc(OC)cc2)cc1. The Balaban J connectivity index is 1.42. The van der Waals surface area contributed by atoms with E-state index in [1.807, 2.05) is 60.7 Å². The molecule has 2 amide bonds. The number of rotatable bonds is 16. The zero-order valence-corrected chi connectivity index (χ0v) is 32.9. The van der Waals surface area contributed by atoms with Crippen molar-refractivity contribution in [1.29, 1.82) is 0 Å². The summed E-state index contributed by atoms with van der Waals surface area (Å²) in [5, 5.41) is 31.9. The number of carbonyl (C=O) groups excluding carboxylic acids is 2. The fourth-order valence-electron chi connectivity index (χ4n) is 7.27. The highest BCUT2D eigenvalue weighted by atomic mass is 16.5. The average Bonchev–Trinajstić information content (AvgIpc) is 3.28. The summed E-state index contributed by atoms with van der Waals surface area (Å²) in [4.78, 5) is 28.8. The second-order valence-corrected chi connectivity index (χ2v) is 13.9. The largest absolute Gasteiger partial charge is 0.497 e. The number of ether oxygens (including phenoxy) is 4. The van der Waals surface area contributed by atoms with E-state index in [0.29, 0.717) is 45.3 Å². The van der Waals surface area contributed by atoms with Crippen LogP contribution >= 0.6 is 0 Å². The molecule has 0 unspecified atom stereocenters. The van der Waals surface area contributed by atoms with Gasteiger partial charge in [-0.05, 0) is 94.8 Å². The number of nitrogens with one attached hydrogen (secondary N) is 2. The Morgan fingerprint density at radius 1 is 0.431 bits per heavy atom. The second kappa shape index (κ2) is 18.5. The number of methoxy groups -OCH3 is 4. The first-order valence-corrected chi connectivity index (χ1v) is 18.8. The van der Waals surface area contributed by atoms with Crippen LogP contribution in [0.2, 0.25) is 0 Å². The van der Waals surface area contributed by atoms with E-state index >= 15 is 0 Å². The van der Waals surface area contributed by atoms with E-state index in [9.17, 15) is 19.8 Å². The number of hydrogen-bond donors (Lipinski definition) is 4. The number of carbonyl (C=O) groups is 2. The molecule has 10 nitrogen and oxygen atoms in total. The minimum Gasteiger partial charge on any atom is -0.497 e. The molecule has 6 aromatic rings. The lowest BCUT2D eigenvalue weighted by molar-refractivity contribution is -0.142. The van der Waals surface area contributed by atoms with Crippen LogP contribution in [0.3, 0.4) is 0 Å². The van der Waals surface area contributed by atoms with Crippen LogP contribution in [0.1, 0.15) is 33.4 Å². The van der Waals surface area contributed by atoms with Crippen molar-refractivity contribution in [3.63, 3.8) is 0 Å². The lowest BCUT2D eigenvalue weighted by atomic mass is 9.77. The zero-order valence-electron chi connectivity index (χ0n) is 32.9. The molecule has 10 heteroatoms. The van der Waals surface area contributed by atoms with E-state index < -0.39 is 35.1 Å². The van der Waals surface area contributed by atoms with Gasteiger partial charge in [0.25, 0.3) is 0 Å². The minimum absolute atomic E-state index is 0.142. The number of hydrogen-bond acceptors (Lipinski definition) is 8. The van der Waals surface area contributed by atoms with Gasteiger partial charge in [-0.3, -0.25) is 9.59 Å². The quantitative estimate of drug-likeness (QED) is 0.0836. The third-order valence-corrected chi connectivity index (χ3v) is 10.5. The summed E-state index contributed by atoms with van der Waals surface area (Å²) in [5.41, 5.74) is -0.286. The Morgan fingerprint density at radius 3 is 0.897 bits per heavy atom.